The zero-order valence-corrected chi connectivity index (χ0v) is 10.1. The van der Waals surface area contributed by atoms with E-state index in [9.17, 15) is 8.42 Å². The largest absolute Gasteiger partial charge is 0.315 e. The van der Waals surface area contributed by atoms with Gasteiger partial charge in [0.25, 0.3) is 0 Å². The van der Waals surface area contributed by atoms with Gasteiger partial charge in [0, 0.05) is 25.2 Å². The molecule has 2 saturated heterocycles. The van der Waals surface area contributed by atoms with Gasteiger partial charge in [-0.15, -0.1) is 0 Å². The van der Waals surface area contributed by atoms with Crippen LogP contribution in [0.4, 0.5) is 0 Å². The predicted octanol–water partition coefficient (Wildman–Crippen LogP) is -0.143. The van der Waals surface area contributed by atoms with Crippen molar-refractivity contribution in [2.75, 3.05) is 31.1 Å². The van der Waals surface area contributed by atoms with Crippen molar-refractivity contribution in [3.8, 4) is 0 Å². The molecule has 0 bridgehead atoms. The van der Waals surface area contributed by atoms with Gasteiger partial charge in [-0.25, -0.2) is 8.42 Å². The molecule has 2 unspecified atom stereocenters. The third-order valence-corrected chi connectivity index (χ3v) is 5.20. The van der Waals surface area contributed by atoms with E-state index in [1.807, 2.05) is 0 Å². The highest BCUT2D eigenvalue weighted by atomic mass is 32.2. The van der Waals surface area contributed by atoms with Crippen molar-refractivity contribution in [2.45, 2.75) is 31.8 Å². The molecule has 88 valence electrons. The molecule has 0 amide bonds. The first kappa shape index (κ1) is 11.4. The molecule has 2 aliphatic rings. The van der Waals surface area contributed by atoms with Crippen molar-refractivity contribution in [1.82, 2.24) is 10.2 Å². The second kappa shape index (κ2) is 4.39. The maximum Gasteiger partial charge on any atom is 0.151 e. The average molecular weight is 232 g/mol. The van der Waals surface area contributed by atoms with Crippen LogP contribution in [-0.2, 0) is 9.84 Å². The van der Waals surface area contributed by atoms with E-state index in [4.69, 9.17) is 0 Å². The highest BCUT2D eigenvalue weighted by Gasteiger charge is 2.34. The van der Waals surface area contributed by atoms with Gasteiger partial charge in [0.2, 0.25) is 0 Å². The molecule has 0 aromatic carbocycles. The quantitative estimate of drug-likeness (QED) is 0.683. The maximum absolute atomic E-state index is 11.4. The Kier molecular flexibility index (Phi) is 3.33. The summed E-state index contributed by atoms with van der Waals surface area (Å²) in [6, 6.07) is 0.732. The van der Waals surface area contributed by atoms with Gasteiger partial charge in [0.05, 0.1) is 11.5 Å². The van der Waals surface area contributed by atoms with Crippen LogP contribution in [0.15, 0.2) is 0 Å². The van der Waals surface area contributed by atoms with E-state index in [0.29, 0.717) is 17.5 Å². The number of nitrogens with one attached hydrogen (secondary N) is 1. The van der Waals surface area contributed by atoms with Crippen molar-refractivity contribution >= 4 is 9.84 Å². The summed E-state index contributed by atoms with van der Waals surface area (Å²) in [4.78, 5) is 2.38. The number of rotatable bonds is 1. The van der Waals surface area contributed by atoms with Gasteiger partial charge in [0.1, 0.15) is 0 Å². The standard InChI is InChI=1S/C10H20N2O2S/c1-9-7-11-4-2-5-12(9)10-3-6-15(13,14)8-10/h9-11H,2-8H2,1H3. The van der Waals surface area contributed by atoms with E-state index < -0.39 is 9.84 Å². The van der Waals surface area contributed by atoms with E-state index in [2.05, 4.69) is 17.1 Å². The summed E-state index contributed by atoms with van der Waals surface area (Å²) >= 11 is 0. The monoisotopic (exact) mass is 232 g/mol. The smallest absolute Gasteiger partial charge is 0.151 e. The van der Waals surface area contributed by atoms with Crippen LogP contribution in [0.25, 0.3) is 0 Å². The Bertz CT molecular complexity index is 315. The van der Waals surface area contributed by atoms with E-state index in [-0.39, 0.29) is 6.04 Å². The molecule has 0 aromatic rings. The number of sulfone groups is 1. The van der Waals surface area contributed by atoms with Crippen molar-refractivity contribution in [1.29, 1.82) is 0 Å². The fourth-order valence-corrected chi connectivity index (χ4v) is 4.36. The summed E-state index contributed by atoms with van der Waals surface area (Å²) in [5, 5.41) is 3.38. The first-order valence-corrected chi connectivity index (χ1v) is 7.57. The Morgan fingerprint density at radius 3 is 2.87 bits per heavy atom. The SMILES string of the molecule is CC1CNCCCN1C1CCS(=O)(=O)C1. The van der Waals surface area contributed by atoms with Crippen molar-refractivity contribution in [2.24, 2.45) is 0 Å². The molecule has 15 heavy (non-hydrogen) atoms. The zero-order valence-electron chi connectivity index (χ0n) is 9.28. The van der Waals surface area contributed by atoms with E-state index in [1.54, 1.807) is 0 Å². The van der Waals surface area contributed by atoms with Gasteiger partial charge in [-0.3, -0.25) is 4.90 Å². The molecule has 2 heterocycles. The topological polar surface area (TPSA) is 49.4 Å². The Labute approximate surface area is 91.9 Å². The Hall–Kier alpha value is -0.130. The van der Waals surface area contributed by atoms with Crippen LogP contribution >= 0.6 is 0 Å². The maximum atomic E-state index is 11.4. The molecule has 0 aliphatic carbocycles. The highest BCUT2D eigenvalue weighted by molar-refractivity contribution is 7.91. The molecule has 2 aliphatic heterocycles. The molecular formula is C10H20N2O2S. The lowest BCUT2D eigenvalue weighted by atomic mass is 10.1. The normalized spacial score (nSPS) is 37.7. The number of hydrogen-bond acceptors (Lipinski definition) is 4. The van der Waals surface area contributed by atoms with Gasteiger partial charge in [0.15, 0.2) is 9.84 Å². The number of hydrogen-bond donors (Lipinski definition) is 1. The average Bonchev–Trinajstić information content (AvgIpc) is 2.39. The van der Waals surface area contributed by atoms with Crippen LogP contribution in [0, 0.1) is 0 Å². The Morgan fingerprint density at radius 1 is 1.40 bits per heavy atom. The molecule has 0 radical (unpaired) electrons. The van der Waals surface area contributed by atoms with Gasteiger partial charge < -0.3 is 5.32 Å². The Morgan fingerprint density at radius 2 is 2.20 bits per heavy atom. The van der Waals surface area contributed by atoms with Crippen LogP contribution in [0.5, 0.6) is 0 Å². The van der Waals surface area contributed by atoms with Crippen molar-refractivity contribution in [3.63, 3.8) is 0 Å². The molecule has 2 atom stereocenters. The molecule has 2 rings (SSSR count). The summed E-state index contributed by atoms with van der Waals surface area (Å²) in [5.74, 6) is 0.756. The van der Waals surface area contributed by atoms with Crippen LogP contribution in [0.1, 0.15) is 19.8 Å². The van der Waals surface area contributed by atoms with Crippen molar-refractivity contribution in [3.05, 3.63) is 0 Å². The molecule has 5 heteroatoms. The lowest BCUT2D eigenvalue weighted by Gasteiger charge is -2.31. The van der Waals surface area contributed by atoms with Crippen molar-refractivity contribution < 1.29 is 8.42 Å². The van der Waals surface area contributed by atoms with Crippen LogP contribution in [0.3, 0.4) is 0 Å². The first-order valence-electron chi connectivity index (χ1n) is 5.75. The van der Waals surface area contributed by atoms with Gasteiger partial charge >= 0.3 is 0 Å². The highest BCUT2D eigenvalue weighted by Crippen LogP contribution is 2.20. The molecule has 2 fully saturated rings. The molecule has 0 saturated carbocycles. The third-order valence-electron chi connectivity index (χ3n) is 3.45. The summed E-state index contributed by atoms with van der Waals surface area (Å²) < 4.78 is 22.9. The van der Waals surface area contributed by atoms with E-state index in [0.717, 1.165) is 32.5 Å². The van der Waals surface area contributed by atoms with Crippen LogP contribution < -0.4 is 5.32 Å². The van der Waals surface area contributed by atoms with Gasteiger partial charge in [-0.2, -0.15) is 0 Å². The fourth-order valence-electron chi connectivity index (χ4n) is 2.61. The number of nitrogens with zero attached hydrogens (tertiary/aromatic N) is 1. The fraction of sp³-hybridized carbons (Fsp3) is 1.00. The van der Waals surface area contributed by atoms with E-state index in [1.165, 1.54) is 0 Å². The van der Waals surface area contributed by atoms with Crippen LogP contribution in [0.2, 0.25) is 0 Å². The predicted molar refractivity (Wildman–Crippen MR) is 60.7 cm³/mol. The van der Waals surface area contributed by atoms with Gasteiger partial charge in [-0.05, 0) is 26.3 Å². The zero-order chi connectivity index (χ0) is 10.9. The summed E-state index contributed by atoms with van der Waals surface area (Å²) in [5.41, 5.74) is 0. The second-order valence-corrected chi connectivity index (χ2v) is 6.93. The summed E-state index contributed by atoms with van der Waals surface area (Å²) in [6.07, 6.45) is 1.95. The minimum atomic E-state index is -2.74. The summed E-state index contributed by atoms with van der Waals surface area (Å²) in [7, 11) is -2.74. The molecule has 0 spiro atoms. The van der Waals surface area contributed by atoms with E-state index >= 15 is 0 Å². The third kappa shape index (κ3) is 2.71. The molecule has 0 aromatic heterocycles. The molecule has 1 N–H and O–H groups in total. The Balaban J connectivity index is 2.03. The second-order valence-electron chi connectivity index (χ2n) is 4.70. The minimum absolute atomic E-state index is 0.268. The van der Waals surface area contributed by atoms with Gasteiger partial charge in [-0.1, -0.05) is 0 Å². The lowest BCUT2D eigenvalue weighted by Crippen LogP contribution is -2.44. The molecular weight excluding hydrogens is 212 g/mol. The first-order chi connectivity index (χ1) is 7.08. The molecule has 4 nitrogen and oxygen atoms in total. The summed E-state index contributed by atoms with van der Waals surface area (Å²) in [6.45, 7) is 5.26. The minimum Gasteiger partial charge on any atom is -0.315 e. The lowest BCUT2D eigenvalue weighted by molar-refractivity contribution is 0.168. The van der Waals surface area contributed by atoms with Crippen LogP contribution in [-0.4, -0.2) is 56.5 Å².